The van der Waals surface area contributed by atoms with Gasteiger partial charge in [0.1, 0.15) is 0 Å². The van der Waals surface area contributed by atoms with E-state index < -0.39 is 0 Å². The third kappa shape index (κ3) is 5.07. The van der Waals surface area contributed by atoms with Crippen LogP contribution in [0.25, 0.3) is 0 Å². The first-order chi connectivity index (χ1) is 13.9. The van der Waals surface area contributed by atoms with E-state index in [1.165, 1.54) is 50.8 Å². The Morgan fingerprint density at radius 1 is 1.14 bits per heavy atom. The number of β-amino-alcohol motifs (C(OH)–C–C–N with tert-alkyl or cyclic N) is 1. The van der Waals surface area contributed by atoms with Crippen molar-refractivity contribution in [3.05, 3.63) is 11.6 Å². The van der Waals surface area contributed by atoms with Gasteiger partial charge in [0, 0.05) is 45.3 Å². The maximum Gasteiger partial charge on any atom is 0.0900 e. The molecule has 5 rings (SSSR count). The van der Waals surface area contributed by atoms with E-state index in [1.54, 1.807) is 0 Å². The number of allylic oxidation sites excluding steroid dienone is 1. The molecule has 4 unspecified atom stereocenters. The number of piperidine rings is 1. The normalized spacial score (nSPS) is 34.5. The summed E-state index contributed by atoms with van der Waals surface area (Å²) in [6.07, 6.45) is 8.67. The molecule has 1 saturated carbocycles. The minimum absolute atomic E-state index is 0.377. The average molecular weight is 406 g/mol. The van der Waals surface area contributed by atoms with E-state index in [1.807, 2.05) is 0 Å². The number of nitrogens with zero attached hydrogens (tertiary/aromatic N) is 3. The van der Waals surface area contributed by atoms with Gasteiger partial charge >= 0.3 is 0 Å². The van der Waals surface area contributed by atoms with E-state index in [2.05, 4.69) is 41.7 Å². The van der Waals surface area contributed by atoms with Gasteiger partial charge in [0.2, 0.25) is 0 Å². The standard InChI is InChI=1S/C24H43N3O2/c1-24(2)20-8-7-19(23(24)14-20)17-29-18-22(28)16-27-12-10-26(11-13-27)15-21-6-4-5-9-25(21)3/h7,20-23,28H,4-6,8-18H2,1-3H3. The van der Waals surface area contributed by atoms with E-state index >= 15 is 0 Å². The molecule has 2 heterocycles. The van der Waals surface area contributed by atoms with E-state index in [-0.39, 0.29) is 6.10 Å². The number of likely N-dealkylation sites (N-methyl/N-ethyl adjacent to an activating group) is 1. The van der Waals surface area contributed by atoms with E-state index in [4.69, 9.17) is 4.74 Å². The largest absolute Gasteiger partial charge is 0.389 e. The number of piperazine rings is 1. The molecule has 2 bridgehead atoms. The predicted molar refractivity (Wildman–Crippen MR) is 118 cm³/mol. The Bertz CT molecular complexity index is 570. The molecule has 5 nitrogen and oxygen atoms in total. The molecule has 0 aromatic rings. The van der Waals surface area contributed by atoms with Crippen LogP contribution >= 0.6 is 0 Å². The molecule has 0 aromatic heterocycles. The Balaban J connectivity index is 1.11. The minimum Gasteiger partial charge on any atom is -0.389 e. The molecule has 2 aliphatic heterocycles. The Morgan fingerprint density at radius 2 is 1.90 bits per heavy atom. The van der Waals surface area contributed by atoms with Crippen molar-refractivity contribution in [1.82, 2.24) is 14.7 Å². The summed E-state index contributed by atoms with van der Waals surface area (Å²) in [5.41, 5.74) is 1.93. The lowest BCUT2D eigenvalue weighted by molar-refractivity contribution is -0.0278. The topological polar surface area (TPSA) is 39.2 Å². The molecule has 4 atom stereocenters. The number of ether oxygens (including phenoxy) is 1. The average Bonchev–Trinajstić information content (AvgIpc) is 2.71. The summed E-state index contributed by atoms with van der Waals surface area (Å²) in [5.74, 6) is 1.58. The summed E-state index contributed by atoms with van der Waals surface area (Å²) in [7, 11) is 2.28. The Morgan fingerprint density at radius 3 is 2.59 bits per heavy atom. The van der Waals surface area contributed by atoms with Crippen molar-refractivity contribution in [2.24, 2.45) is 17.3 Å². The van der Waals surface area contributed by atoms with Crippen molar-refractivity contribution in [2.75, 3.05) is 66.1 Å². The second kappa shape index (κ2) is 9.35. The summed E-state index contributed by atoms with van der Waals surface area (Å²) >= 11 is 0. The number of hydrogen-bond acceptors (Lipinski definition) is 5. The molecular weight excluding hydrogens is 362 g/mol. The highest BCUT2D eigenvalue weighted by molar-refractivity contribution is 5.23. The third-order valence-electron chi connectivity index (χ3n) is 8.49. The highest BCUT2D eigenvalue weighted by Crippen LogP contribution is 2.59. The fourth-order valence-corrected chi connectivity index (χ4v) is 6.13. The number of rotatable bonds is 8. The Hall–Kier alpha value is -0.460. The zero-order chi connectivity index (χ0) is 20.4. The lowest BCUT2D eigenvalue weighted by Crippen LogP contribution is -2.53. The molecule has 0 aromatic carbocycles. The van der Waals surface area contributed by atoms with Gasteiger partial charge in [-0.3, -0.25) is 9.80 Å². The number of hydrogen-bond donors (Lipinski definition) is 1. The summed E-state index contributed by atoms with van der Waals surface area (Å²) in [6.45, 7) is 13.6. The summed E-state index contributed by atoms with van der Waals surface area (Å²) in [6, 6.07) is 0.735. The first-order valence-electron chi connectivity index (χ1n) is 12.0. The number of fused-ring (bicyclic) bond motifs is 1. The molecule has 166 valence electrons. The van der Waals surface area contributed by atoms with Crippen molar-refractivity contribution < 1.29 is 9.84 Å². The van der Waals surface area contributed by atoms with Crippen molar-refractivity contribution in [1.29, 1.82) is 0 Å². The molecule has 0 spiro atoms. The zero-order valence-corrected chi connectivity index (χ0v) is 19.0. The van der Waals surface area contributed by atoms with Crippen LogP contribution in [0.1, 0.15) is 46.0 Å². The van der Waals surface area contributed by atoms with Gasteiger partial charge in [0.05, 0.1) is 19.3 Å². The van der Waals surface area contributed by atoms with Gasteiger partial charge < -0.3 is 14.7 Å². The minimum atomic E-state index is -0.377. The molecule has 2 saturated heterocycles. The highest BCUT2D eigenvalue weighted by atomic mass is 16.5. The van der Waals surface area contributed by atoms with Crippen LogP contribution in [-0.4, -0.2) is 98.0 Å². The van der Waals surface area contributed by atoms with Gasteiger partial charge in [-0.2, -0.15) is 0 Å². The molecule has 0 amide bonds. The van der Waals surface area contributed by atoms with Crippen molar-refractivity contribution >= 4 is 0 Å². The number of likely N-dealkylation sites (tertiary alicyclic amines) is 1. The molecule has 29 heavy (non-hydrogen) atoms. The van der Waals surface area contributed by atoms with Crippen LogP contribution in [0.2, 0.25) is 0 Å². The van der Waals surface area contributed by atoms with Crippen LogP contribution < -0.4 is 0 Å². The quantitative estimate of drug-likeness (QED) is 0.628. The van der Waals surface area contributed by atoms with Crippen molar-refractivity contribution in [2.45, 2.75) is 58.1 Å². The van der Waals surface area contributed by atoms with Crippen LogP contribution in [-0.2, 0) is 4.74 Å². The number of aliphatic hydroxyl groups excluding tert-OH is 1. The number of aliphatic hydroxyl groups is 1. The van der Waals surface area contributed by atoms with E-state index in [0.29, 0.717) is 24.5 Å². The smallest absolute Gasteiger partial charge is 0.0900 e. The van der Waals surface area contributed by atoms with E-state index in [0.717, 1.165) is 44.7 Å². The molecule has 3 aliphatic carbocycles. The monoisotopic (exact) mass is 405 g/mol. The Labute approximate surface area is 178 Å². The first-order valence-corrected chi connectivity index (χ1v) is 12.0. The van der Waals surface area contributed by atoms with Gasteiger partial charge in [-0.1, -0.05) is 26.3 Å². The molecule has 5 heteroatoms. The molecule has 5 aliphatic rings. The third-order valence-corrected chi connectivity index (χ3v) is 8.49. The fraction of sp³-hybridized carbons (Fsp3) is 0.917. The second-order valence-corrected chi connectivity index (χ2v) is 10.7. The van der Waals surface area contributed by atoms with Crippen molar-refractivity contribution in [3.8, 4) is 0 Å². The SMILES string of the molecule is CN1CCCCC1CN1CCN(CC(O)COCC2=CCC3CC2C3(C)C)CC1. The van der Waals surface area contributed by atoms with Gasteiger partial charge in [-0.05, 0) is 62.1 Å². The van der Waals surface area contributed by atoms with E-state index in [9.17, 15) is 5.11 Å². The first kappa shape index (κ1) is 21.8. The van der Waals surface area contributed by atoms with Crippen LogP contribution in [0.4, 0.5) is 0 Å². The summed E-state index contributed by atoms with van der Waals surface area (Å²) in [4.78, 5) is 7.58. The van der Waals surface area contributed by atoms with Crippen LogP contribution in [0.15, 0.2) is 11.6 Å². The van der Waals surface area contributed by atoms with Gasteiger partial charge in [0.25, 0.3) is 0 Å². The molecule has 1 N–H and O–H groups in total. The highest BCUT2D eigenvalue weighted by Gasteiger charge is 2.50. The van der Waals surface area contributed by atoms with Crippen LogP contribution in [0, 0.1) is 17.3 Å². The summed E-state index contributed by atoms with van der Waals surface area (Å²) < 4.78 is 5.94. The molecule has 0 radical (unpaired) electrons. The maximum absolute atomic E-state index is 10.5. The van der Waals surface area contributed by atoms with Crippen LogP contribution in [0.3, 0.4) is 0 Å². The molecular formula is C24H43N3O2. The second-order valence-electron chi connectivity index (χ2n) is 10.7. The van der Waals surface area contributed by atoms with Gasteiger partial charge in [-0.15, -0.1) is 0 Å². The van der Waals surface area contributed by atoms with Crippen molar-refractivity contribution in [3.63, 3.8) is 0 Å². The van der Waals surface area contributed by atoms with Gasteiger partial charge in [-0.25, -0.2) is 0 Å². The summed E-state index contributed by atoms with van der Waals surface area (Å²) in [5, 5.41) is 10.5. The fourth-order valence-electron chi connectivity index (χ4n) is 6.13. The Kier molecular flexibility index (Phi) is 7.02. The zero-order valence-electron chi connectivity index (χ0n) is 19.0. The van der Waals surface area contributed by atoms with Gasteiger partial charge in [0.15, 0.2) is 0 Å². The maximum atomic E-state index is 10.5. The lowest BCUT2D eigenvalue weighted by Gasteiger charge is -2.56. The molecule has 3 fully saturated rings. The van der Waals surface area contributed by atoms with Crippen LogP contribution in [0.5, 0.6) is 0 Å². The lowest BCUT2D eigenvalue weighted by atomic mass is 9.49. The predicted octanol–water partition coefficient (Wildman–Crippen LogP) is 2.46.